The number of anilines is 1. The van der Waals surface area contributed by atoms with Crippen molar-refractivity contribution in [3.63, 3.8) is 0 Å². The molecule has 1 atom stereocenters. The highest BCUT2D eigenvalue weighted by atomic mass is 19.1. The number of halogens is 1. The minimum atomic E-state index is -0.762. The van der Waals surface area contributed by atoms with E-state index in [4.69, 9.17) is 4.74 Å². The molecule has 1 amide bonds. The number of carbonyl (C=O) groups is 2. The number of methoxy groups -OCH3 is 1. The molecule has 1 unspecified atom stereocenters. The third-order valence-electron chi connectivity index (χ3n) is 6.34. The third-order valence-corrected chi connectivity index (χ3v) is 6.34. The molecule has 6 nitrogen and oxygen atoms in total. The average Bonchev–Trinajstić information content (AvgIpc) is 3.40. The van der Waals surface area contributed by atoms with Crippen molar-refractivity contribution in [3.8, 4) is 5.75 Å². The van der Waals surface area contributed by atoms with Crippen LogP contribution in [-0.4, -0.2) is 48.9 Å². The molecule has 0 bridgehead atoms. The number of ketones is 1. The summed E-state index contributed by atoms with van der Waals surface area (Å²) < 4.78 is 19.3. The highest BCUT2D eigenvalue weighted by Crippen LogP contribution is 2.44. The molecule has 168 valence electrons. The summed E-state index contributed by atoms with van der Waals surface area (Å²) in [6.07, 6.45) is 3.58. The molecule has 0 spiro atoms. The van der Waals surface area contributed by atoms with E-state index >= 15 is 0 Å². The van der Waals surface area contributed by atoms with Gasteiger partial charge in [0, 0.05) is 25.8 Å². The van der Waals surface area contributed by atoms with Crippen LogP contribution >= 0.6 is 0 Å². The monoisotopic (exact) mass is 438 g/mol. The average molecular weight is 438 g/mol. The summed E-state index contributed by atoms with van der Waals surface area (Å²) in [7, 11) is 5.25. The third kappa shape index (κ3) is 3.72. The van der Waals surface area contributed by atoms with E-state index < -0.39 is 29.3 Å². The molecule has 1 saturated heterocycles. The largest absolute Gasteiger partial charge is 0.507 e. The predicted molar refractivity (Wildman–Crippen MR) is 120 cm³/mol. The maximum absolute atomic E-state index is 14.0. The molecule has 4 rings (SSSR count). The van der Waals surface area contributed by atoms with Gasteiger partial charge in [-0.25, -0.2) is 4.39 Å². The van der Waals surface area contributed by atoms with E-state index in [2.05, 4.69) is 0 Å². The fourth-order valence-corrected chi connectivity index (χ4v) is 4.70. The van der Waals surface area contributed by atoms with Gasteiger partial charge in [-0.3, -0.25) is 9.59 Å². The van der Waals surface area contributed by atoms with Crippen molar-refractivity contribution >= 4 is 23.1 Å². The van der Waals surface area contributed by atoms with Crippen LogP contribution in [0.2, 0.25) is 0 Å². The minimum Gasteiger partial charge on any atom is -0.507 e. The van der Waals surface area contributed by atoms with E-state index in [9.17, 15) is 19.1 Å². The first-order chi connectivity index (χ1) is 15.3. The topological polar surface area (TPSA) is 70.1 Å². The molecule has 32 heavy (non-hydrogen) atoms. The van der Waals surface area contributed by atoms with Crippen molar-refractivity contribution in [1.82, 2.24) is 4.90 Å². The zero-order valence-corrected chi connectivity index (χ0v) is 18.5. The Bertz CT molecular complexity index is 1070. The van der Waals surface area contributed by atoms with Crippen LogP contribution < -0.4 is 9.64 Å². The summed E-state index contributed by atoms with van der Waals surface area (Å²) in [5.74, 6) is -2.18. The number of hydrogen-bond acceptors (Lipinski definition) is 5. The molecule has 1 saturated carbocycles. The van der Waals surface area contributed by atoms with Crippen LogP contribution in [0, 0.1) is 5.82 Å². The molecule has 1 aliphatic carbocycles. The second kappa shape index (κ2) is 8.65. The van der Waals surface area contributed by atoms with Crippen LogP contribution in [0.4, 0.5) is 10.1 Å². The highest BCUT2D eigenvalue weighted by Gasteiger charge is 2.49. The van der Waals surface area contributed by atoms with Gasteiger partial charge < -0.3 is 19.6 Å². The predicted octanol–water partition coefficient (Wildman–Crippen LogP) is 4.26. The number of amides is 1. The standard InChI is InChI=1S/C25H27FN2O4/c1-27(2)17-11-8-15(9-12-17)22-21(23(29)19-14-16(26)10-13-20(19)32-3)24(30)25(31)28(22)18-6-4-5-7-18/h8-14,18,22,29H,4-7H2,1-3H3/b23-21+. The van der Waals surface area contributed by atoms with E-state index in [0.717, 1.165) is 43.0 Å². The Balaban J connectivity index is 1.90. The number of aliphatic hydroxyl groups is 1. The van der Waals surface area contributed by atoms with Gasteiger partial charge in [0.05, 0.1) is 24.3 Å². The molecule has 2 aromatic rings. The summed E-state index contributed by atoms with van der Waals surface area (Å²) in [6, 6.07) is 10.4. The van der Waals surface area contributed by atoms with Crippen molar-refractivity contribution in [2.45, 2.75) is 37.8 Å². The zero-order chi connectivity index (χ0) is 23.0. The van der Waals surface area contributed by atoms with E-state index in [1.807, 2.05) is 43.3 Å². The number of carbonyl (C=O) groups excluding carboxylic acids is 2. The Labute approximate surface area is 186 Å². The number of hydrogen-bond donors (Lipinski definition) is 1. The molecule has 2 aliphatic rings. The fourth-order valence-electron chi connectivity index (χ4n) is 4.70. The molecule has 0 radical (unpaired) electrons. The van der Waals surface area contributed by atoms with E-state index in [-0.39, 0.29) is 22.9 Å². The Morgan fingerprint density at radius 2 is 1.75 bits per heavy atom. The van der Waals surface area contributed by atoms with Crippen LogP contribution in [-0.2, 0) is 9.59 Å². The lowest BCUT2D eigenvalue weighted by Crippen LogP contribution is -2.37. The number of likely N-dealkylation sites (tertiary alicyclic amines) is 1. The first kappa shape index (κ1) is 21.9. The smallest absolute Gasteiger partial charge is 0.295 e. The van der Waals surface area contributed by atoms with Gasteiger partial charge in [0.1, 0.15) is 17.3 Å². The number of Topliss-reactive ketones (excluding diaryl/α,β-unsaturated/α-hetero) is 1. The van der Waals surface area contributed by atoms with Crippen LogP contribution in [0.25, 0.3) is 5.76 Å². The van der Waals surface area contributed by atoms with Crippen molar-refractivity contribution in [2.75, 3.05) is 26.1 Å². The van der Waals surface area contributed by atoms with Crippen molar-refractivity contribution < 1.29 is 23.8 Å². The SMILES string of the molecule is COc1ccc(F)cc1/C(O)=C1\C(=O)C(=O)N(C2CCCC2)C1c1ccc(N(C)C)cc1. The summed E-state index contributed by atoms with van der Waals surface area (Å²) in [5, 5.41) is 11.2. The second-order valence-corrected chi connectivity index (χ2v) is 8.48. The van der Waals surface area contributed by atoms with E-state index in [1.54, 1.807) is 4.90 Å². The normalized spacial score (nSPS) is 20.8. The molecule has 2 aromatic carbocycles. The molecular weight excluding hydrogens is 411 g/mol. The molecule has 1 aliphatic heterocycles. The first-order valence-electron chi connectivity index (χ1n) is 10.7. The van der Waals surface area contributed by atoms with Crippen LogP contribution in [0.15, 0.2) is 48.0 Å². The number of nitrogens with zero attached hydrogens (tertiary/aromatic N) is 2. The number of aliphatic hydroxyl groups excluding tert-OH is 1. The van der Waals surface area contributed by atoms with Gasteiger partial charge in [-0.05, 0) is 48.7 Å². The maximum atomic E-state index is 14.0. The van der Waals surface area contributed by atoms with Gasteiger partial charge in [-0.2, -0.15) is 0 Å². The molecule has 2 fully saturated rings. The van der Waals surface area contributed by atoms with Crippen molar-refractivity contribution in [1.29, 1.82) is 0 Å². The lowest BCUT2D eigenvalue weighted by atomic mass is 9.94. The molecule has 1 heterocycles. The molecule has 0 aromatic heterocycles. The molecule has 7 heteroatoms. The molecular formula is C25H27FN2O4. The van der Waals surface area contributed by atoms with Crippen molar-refractivity contribution in [2.24, 2.45) is 0 Å². The van der Waals surface area contributed by atoms with Gasteiger partial charge in [0.15, 0.2) is 0 Å². The van der Waals surface area contributed by atoms with Crippen LogP contribution in [0.1, 0.15) is 42.9 Å². The Kier molecular flexibility index (Phi) is 5.91. The number of ether oxygens (including phenoxy) is 1. The molecule has 1 N–H and O–H groups in total. The van der Waals surface area contributed by atoms with Crippen molar-refractivity contribution in [3.05, 3.63) is 65.0 Å². The second-order valence-electron chi connectivity index (χ2n) is 8.48. The minimum absolute atomic E-state index is 0.0385. The van der Waals surface area contributed by atoms with Gasteiger partial charge >= 0.3 is 0 Å². The first-order valence-corrected chi connectivity index (χ1v) is 10.7. The van der Waals surface area contributed by atoms with Gasteiger partial charge in [0.25, 0.3) is 11.7 Å². The van der Waals surface area contributed by atoms with E-state index in [0.29, 0.717) is 0 Å². The summed E-state index contributed by atoms with van der Waals surface area (Å²) >= 11 is 0. The lowest BCUT2D eigenvalue weighted by Gasteiger charge is -2.31. The Morgan fingerprint density at radius 3 is 2.34 bits per heavy atom. The Morgan fingerprint density at radius 1 is 1.09 bits per heavy atom. The number of benzene rings is 2. The van der Waals surface area contributed by atoms with E-state index in [1.165, 1.54) is 19.2 Å². The van der Waals surface area contributed by atoms with Crippen LogP contribution in [0.3, 0.4) is 0 Å². The van der Waals surface area contributed by atoms with Gasteiger partial charge in [-0.1, -0.05) is 25.0 Å². The summed E-state index contributed by atoms with van der Waals surface area (Å²) in [5.41, 5.74) is 1.70. The Hall–Kier alpha value is -3.35. The lowest BCUT2D eigenvalue weighted by molar-refractivity contribution is -0.141. The van der Waals surface area contributed by atoms with Gasteiger partial charge in [0.2, 0.25) is 0 Å². The number of rotatable bonds is 5. The summed E-state index contributed by atoms with van der Waals surface area (Å²) in [6.45, 7) is 0. The maximum Gasteiger partial charge on any atom is 0.295 e. The van der Waals surface area contributed by atoms with Gasteiger partial charge in [-0.15, -0.1) is 0 Å². The summed E-state index contributed by atoms with van der Waals surface area (Å²) in [4.78, 5) is 29.9. The zero-order valence-electron chi connectivity index (χ0n) is 18.5. The van der Waals surface area contributed by atoms with Crippen LogP contribution in [0.5, 0.6) is 5.75 Å². The highest BCUT2D eigenvalue weighted by molar-refractivity contribution is 6.46. The fraction of sp³-hybridized carbons (Fsp3) is 0.360. The quantitative estimate of drug-likeness (QED) is 0.429.